The molecule has 7 nitrogen and oxygen atoms in total. The Morgan fingerprint density at radius 3 is 2.95 bits per heavy atom. The number of aromatic nitrogens is 4. The molecule has 0 aliphatic carbocycles. The Morgan fingerprint density at radius 1 is 1.50 bits per heavy atom. The molecule has 2 aromatic heterocycles. The van der Waals surface area contributed by atoms with Crippen LogP contribution in [0.2, 0.25) is 0 Å². The minimum absolute atomic E-state index is 0.243. The number of ether oxygens (including phenoxy) is 1. The second kappa shape index (κ2) is 5.96. The fraction of sp³-hybridized carbons (Fsp3) is 0.231. The summed E-state index contributed by atoms with van der Waals surface area (Å²) in [7, 11) is 1.77. The number of nitrogens with zero attached hydrogens (tertiary/aromatic N) is 4. The zero-order valence-electron chi connectivity index (χ0n) is 11.1. The number of aryl methyl sites for hydroxylation is 2. The number of hydrogen-bond donors (Lipinski definition) is 1. The van der Waals surface area contributed by atoms with Gasteiger partial charge in [0.1, 0.15) is 23.7 Å². The first kappa shape index (κ1) is 13.7. The van der Waals surface area contributed by atoms with Crippen LogP contribution in [0.5, 0.6) is 5.75 Å². The molecule has 2 rings (SSSR count). The second-order valence-corrected chi connectivity index (χ2v) is 4.18. The van der Waals surface area contributed by atoms with E-state index in [1.807, 2.05) is 6.92 Å². The van der Waals surface area contributed by atoms with Crippen molar-refractivity contribution in [1.29, 1.82) is 0 Å². The summed E-state index contributed by atoms with van der Waals surface area (Å²) in [6.45, 7) is 2.07. The number of pyridine rings is 1. The lowest BCUT2D eigenvalue weighted by atomic mass is 10.2. The molecule has 20 heavy (non-hydrogen) atoms. The van der Waals surface area contributed by atoms with Crippen LogP contribution in [0.3, 0.4) is 0 Å². The lowest BCUT2D eigenvalue weighted by Crippen LogP contribution is -2.00. The summed E-state index contributed by atoms with van der Waals surface area (Å²) in [6, 6.07) is 3.55. The molecule has 0 aliphatic heterocycles. The highest BCUT2D eigenvalue weighted by molar-refractivity contribution is 5.85. The minimum Gasteiger partial charge on any atom is -0.485 e. The highest BCUT2D eigenvalue weighted by atomic mass is 16.5. The largest absolute Gasteiger partial charge is 0.485 e. The normalized spacial score (nSPS) is 10.9. The van der Waals surface area contributed by atoms with E-state index in [0.717, 1.165) is 11.8 Å². The number of rotatable bonds is 5. The lowest BCUT2D eigenvalue weighted by Gasteiger charge is -2.07. The van der Waals surface area contributed by atoms with Crippen molar-refractivity contribution < 1.29 is 14.6 Å². The van der Waals surface area contributed by atoms with Crippen LogP contribution in [0, 0.1) is 6.92 Å². The number of hydrogen-bond acceptors (Lipinski definition) is 5. The summed E-state index contributed by atoms with van der Waals surface area (Å²) >= 11 is 0. The van der Waals surface area contributed by atoms with Crippen molar-refractivity contribution in [2.45, 2.75) is 13.5 Å². The third-order valence-electron chi connectivity index (χ3n) is 2.43. The summed E-state index contributed by atoms with van der Waals surface area (Å²) in [5.74, 6) is -0.535. The van der Waals surface area contributed by atoms with Crippen LogP contribution in [0.25, 0.3) is 6.08 Å². The zero-order chi connectivity index (χ0) is 14.5. The molecule has 0 bridgehead atoms. The van der Waals surface area contributed by atoms with Gasteiger partial charge in [0.05, 0.1) is 6.20 Å². The van der Waals surface area contributed by atoms with Crippen molar-refractivity contribution in [2.24, 2.45) is 7.05 Å². The Labute approximate surface area is 115 Å². The number of aliphatic carboxylic acids is 1. The second-order valence-electron chi connectivity index (χ2n) is 4.18. The van der Waals surface area contributed by atoms with Crippen LogP contribution < -0.4 is 4.74 Å². The van der Waals surface area contributed by atoms with Gasteiger partial charge in [-0.05, 0) is 25.1 Å². The monoisotopic (exact) mass is 274 g/mol. The lowest BCUT2D eigenvalue weighted by molar-refractivity contribution is -0.131. The highest BCUT2D eigenvalue weighted by Gasteiger charge is 2.06. The average molecular weight is 274 g/mol. The van der Waals surface area contributed by atoms with Crippen molar-refractivity contribution >= 4 is 12.0 Å². The molecule has 0 amide bonds. The first-order valence-electron chi connectivity index (χ1n) is 5.91. The van der Waals surface area contributed by atoms with Crippen LogP contribution >= 0.6 is 0 Å². The molecule has 0 radical (unpaired) electrons. The Kier molecular flexibility index (Phi) is 4.09. The molecule has 0 fully saturated rings. The van der Waals surface area contributed by atoms with Crippen LogP contribution in [0.4, 0.5) is 0 Å². The average Bonchev–Trinajstić information content (AvgIpc) is 2.81. The fourth-order valence-corrected chi connectivity index (χ4v) is 1.57. The molecule has 0 aliphatic rings. The number of carboxylic acid groups (broad SMARTS) is 1. The Bertz CT molecular complexity index is 649. The fourth-order valence-electron chi connectivity index (χ4n) is 1.57. The predicted octanol–water partition coefficient (Wildman–Crippen LogP) is 1.20. The van der Waals surface area contributed by atoms with Gasteiger partial charge in [-0.3, -0.25) is 4.68 Å². The molecule has 0 aromatic carbocycles. The third kappa shape index (κ3) is 3.64. The van der Waals surface area contributed by atoms with E-state index in [9.17, 15) is 4.79 Å². The third-order valence-corrected chi connectivity index (χ3v) is 2.43. The maximum absolute atomic E-state index is 10.6. The molecule has 2 aromatic rings. The molecule has 0 unspecified atom stereocenters. The number of carboxylic acids is 1. The van der Waals surface area contributed by atoms with E-state index in [1.165, 1.54) is 6.08 Å². The van der Waals surface area contributed by atoms with Crippen LogP contribution in [0.1, 0.15) is 17.1 Å². The summed E-state index contributed by atoms with van der Waals surface area (Å²) in [4.78, 5) is 14.8. The van der Waals surface area contributed by atoms with E-state index in [1.54, 1.807) is 30.1 Å². The van der Waals surface area contributed by atoms with E-state index in [4.69, 9.17) is 9.84 Å². The van der Waals surface area contributed by atoms with Gasteiger partial charge in [0.15, 0.2) is 0 Å². The molecule has 104 valence electrons. The standard InChI is InChI=1S/C13H14N4O3/c1-9-3-5-12(11(14-9)4-6-13(18)19)20-8-10-7-17(2)16-15-10/h3-7H,8H2,1-2H3,(H,18,19)/b6-4+. The summed E-state index contributed by atoms with van der Waals surface area (Å²) in [6.07, 6.45) is 4.17. The van der Waals surface area contributed by atoms with Gasteiger partial charge in [0.2, 0.25) is 0 Å². The first-order chi connectivity index (χ1) is 9.54. The van der Waals surface area contributed by atoms with E-state index in [0.29, 0.717) is 17.1 Å². The van der Waals surface area contributed by atoms with Crippen molar-refractivity contribution in [3.8, 4) is 5.75 Å². The van der Waals surface area contributed by atoms with Crippen molar-refractivity contribution in [3.05, 3.63) is 41.5 Å². The maximum Gasteiger partial charge on any atom is 0.328 e. The number of carbonyl (C=O) groups is 1. The molecule has 7 heteroatoms. The van der Waals surface area contributed by atoms with Crippen molar-refractivity contribution in [3.63, 3.8) is 0 Å². The van der Waals surface area contributed by atoms with Crippen molar-refractivity contribution in [2.75, 3.05) is 0 Å². The molecule has 2 heterocycles. The van der Waals surface area contributed by atoms with Crippen LogP contribution in [-0.2, 0) is 18.4 Å². The maximum atomic E-state index is 10.6. The molecule has 0 saturated heterocycles. The van der Waals surface area contributed by atoms with Crippen LogP contribution in [0.15, 0.2) is 24.4 Å². The molecule has 0 saturated carbocycles. The van der Waals surface area contributed by atoms with Gasteiger partial charge in [0.25, 0.3) is 0 Å². The smallest absolute Gasteiger partial charge is 0.328 e. The summed E-state index contributed by atoms with van der Waals surface area (Å²) in [5, 5.41) is 16.4. The van der Waals surface area contributed by atoms with E-state index in [2.05, 4.69) is 15.3 Å². The van der Waals surface area contributed by atoms with Gasteiger partial charge in [-0.2, -0.15) is 0 Å². The quantitative estimate of drug-likeness (QED) is 0.824. The molecular formula is C13H14N4O3. The van der Waals surface area contributed by atoms with Gasteiger partial charge in [0, 0.05) is 18.8 Å². The van der Waals surface area contributed by atoms with Gasteiger partial charge in [-0.25, -0.2) is 9.78 Å². The Morgan fingerprint density at radius 2 is 2.30 bits per heavy atom. The Balaban J connectivity index is 2.15. The zero-order valence-corrected chi connectivity index (χ0v) is 11.1. The molecule has 0 spiro atoms. The van der Waals surface area contributed by atoms with E-state index in [-0.39, 0.29) is 6.61 Å². The topological polar surface area (TPSA) is 90.1 Å². The Hall–Kier alpha value is -2.70. The van der Waals surface area contributed by atoms with Gasteiger partial charge in [-0.15, -0.1) is 5.10 Å². The van der Waals surface area contributed by atoms with E-state index >= 15 is 0 Å². The van der Waals surface area contributed by atoms with Crippen molar-refractivity contribution in [1.82, 2.24) is 20.0 Å². The van der Waals surface area contributed by atoms with Gasteiger partial charge in [-0.1, -0.05) is 5.21 Å². The predicted molar refractivity (Wildman–Crippen MR) is 71.0 cm³/mol. The summed E-state index contributed by atoms with van der Waals surface area (Å²) < 4.78 is 7.18. The summed E-state index contributed by atoms with van der Waals surface area (Å²) in [5.41, 5.74) is 1.93. The van der Waals surface area contributed by atoms with Gasteiger partial charge < -0.3 is 9.84 Å². The van der Waals surface area contributed by atoms with Gasteiger partial charge >= 0.3 is 5.97 Å². The highest BCUT2D eigenvalue weighted by Crippen LogP contribution is 2.19. The minimum atomic E-state index is -1.03. The molecule has 0 atom stereocenters. The first-order valence-corrected chi connectivity index (χ1v) is 5.91. The molecular weight excluding hydrogens is 260 g/mol. The SMILES string of the molecule is Cc1ccc(OCc2cn(C)nn2)c(/C=C/C(=O)O)n1. The molecule has 1 N–H and O–H groups in total. The van der Waals surface area contributed by atoms with E-state index < -0.39 is 5.97 Å². The van der Waals surface area contributed by atoms with Crippen LogP contribution in [-0.4, -0.2) is 31.1 Å².